The van der Waals surface area contributed by atoms with Crippen molar-refractivity contribution in [3.63, 3.8) is 0 Å². The van der Waals surface area contributed by atoms with Gasteiger partial charge < -0.3 is 5.32 Å². The summed E-state index contributed by atoms with van der Waals surface area (Å²) in [5, 5.41) is 7.51. The summed E-state index contributed by atoms with van der Waals surface area (Å²) in [6.45, 7) is 5.44. The Morgan fingerprint density at radius 2 is 2.10 bits per heavy atom. The lowest BCUT2D eigenvalue weighted by Crippen LogP contribution is -2.03. The smallest absolute Gasteiger partial charge is 0.175 e. The van der Waals surface area contributed by atoms with Crippen molar-refractivity contribution >= 4 is 15.5 Å². The van der Waals surface area contributed by atoms with Gasteiger partial charge in [-0.3, -0.25) is 4.68 Å². The number of rotatable bonds is 6. The molecule has 2 aromatic rings. The van der Waals surface area contributed by atoms with Gasteiger partial charge in [0.25, 0.3) is 0 Å². The highest BCUT2D eigenvalue weighted by molar-refractivity contribution is 7.90. The Bertz CT molecular complexity index is 720. The van der Waals surface area contributed by atoms with Crippen LogP contribution in [-0.4, -0.2) is 24.5 Å². The Morgan fingerprint density at radius 1 is 1.33 bits per heavy atom. The summed E-state index contributed by atoms with van der Waals surface area (Å²) in [6.07, 6.45) is 6.11. The predicted octanol–water partition coefficient (Wildman–Crippen LogP) is 2.62. The Balaban J connectivity index is 2.09. The van der Waals surface area contributed by atoms with E-state index in [1.807, 2.05) is 29.2 Å². The number of aryl methyl sites for hydroxylation is 2. The Morgan fingerprint density at radius 3 is 2.76 bits per heavy atom. The van der Waals surface area contributed by atoms with Crippen LogP contribution in [0.25, 0.3) is 0 Å². The molecule has 1 aromatic carbocycles. The van der Waals surface area contributed by atoms with Gasteiger partial charge in [0.05, 0.1) is 11.1 Å². The normalized spacial score (nSPS) is 11.6. The first kappa shape index (κ1) is 15.6. The highest BCUT2D eigenvalue weighted by Crippen LogP contribution is 2.20. The third-order valence-corrected chi connectivity index (χ3v) is 4.46. The van der Waals surface area contributed by atoms with E-state index in [-0.39, 0.29) is 0 Å². The monoisotopic (exact) mass is 307 g/mol. The summed E-state index contributed by atoms with van der Waals surface area (Å²) in [6, 6.07) is 5.39. The van der Waals surface area contributed by atoms with Crippen LogP contribution in [0.3, 0.4) is 0 Å². The molecule has 0 aliphatic carbocycles. The van der Waals surface area contributed by atoms with Gasteiger partial charge in [-0.15, -0.1) is 0 Å². The number of hydrogen-bond acceptors (Lipinski definition) is 4. The third kappa shape index (κ3) is 4.07. The second-order valence-corrected chi connectivity index (χ2v) is 7.20. The largest absolute Gasteiger partial charge is 0.381 e. The molecular weight excluding hydrogens is 286 g/mol. The lowest BCUT2D eigenvalue weighted by molar-refractivity contribution is 0.601. The second kappa shape index (κ2) is 6.30. The van der Waals surface area contributed by atoms with Gasteiger partial charge in [0, 0.05) is 36.8 Å². The SMILES string of the molecule is CCCn1cc(CNc2ccc(C)c(S(C)(=O)=O)c2)cn1. The highest BCUT2D eigenvalue weighted by atomic mass is 32.2. The summed E-state index contributed by atoms with van der Waals surface area (Å²) in [4.78, 5) is 0.370. The average molecular weight is 307 g/mol. The molecule has 0 unspecified atom stereocenters. The van der Waals surface area contributed by atoms with E-state index >= 15 is 0 Å². The van der Waals surface area contributed by atoms with Crippen LogP contribution < -0.4 is 5.32 Å². The van der Waals surface area contributed by atoms with Gasteiger partial charge in [0.1, 0.15) is 0 Å². The van der Waals surface area contributed by atoms with Crippen LogP contribution in [-0.2, 0) is 22.9 Å². The number of nitrogens with zero attached hydrogens (tertiary/aromatic N) is 2. The summed E-state index contributed by atoms with van der Waals surface area (Å²) in [5.41, 5.74) is 2.63. The van der Waals surface area contributed by atoms with Crippen LogP contribution in [0, 0.1) is 6.92 Å². The molecule has 2 rings (SSSR count). The standard InChI is InChI=1S/C15H21N3O2S/c1-4-7-18-11-13(10-17-18)9-16-14-6-5-12(2)15(8-14)21(3,19)20/h5-6,8,10-11,16H,4,7,9H2,1-3H3. The van der Waals surface area contributed by atoms with Crippen molar-refractivity contribution in [2.45, 2.75) is 38.3 Å². The molecule has 0 amide bonds. The fraction of sp³-hybridized carbons (Fsp3) is 0.400. The van der Waals surface area contributed by atoms with Crippen molar-refractivity contribution in [2.24, 2.45) is 0 Å². The zero-order valence-corrected chi connectivity index (χ0v) is 13.4. The molecule has 21 heavy (non-hydrogen) atoms. The van der Waals surface area contributed by atoms with Crippen LogP contribution in [0.1, 0.15) is 24.5 Å². The molecule has 5 nitrogen and oxygen atoms in total. The highest BCUT2D eigenvalue weighted by Gasteiger charge is 2.11. The van der Waals surface area contributed by atoms with E-state index in [0.29, 0.717) is 11.4 Å². The van der Waals surface area contributed by atoms with Gasteiger partial charge >= 0.3 is 0 Å². The molecule has 0 fully saturated rings. The van der Waals surface area contributed by atoms with Crippen molar-refractivity contribution in [2.75, 3.05) is 11.6 Å². The van der Waals surface area contributed by atoms with Crippen molar-refractivity contribution < 1.29 is 8.42 Å². The summed E-state index contributed by atoms with van der Waals surface area (Å²) < 4.78 is 25.3. The number of sulfone groups is 1. The molecule has 0 atom stereocenters. The van der Waals surface area contributed by atoms with E-state index in [1.165, 1.54) is 6.26 Å². The maximum atomic E-state index is 11.7. The molecule has 0 saturated carbocycles. The van der Waals surface area contributed by atoms with Gasteiger partial charge in [0.2, 0.25) is 0 Å². The second-order valence-electron chi connectivity index (χ2n) is 5.22. The van der Waals surface area contributed by atoms with E-state index in [2.05, 4.69) is 17.3 Å². The minimum absolute atomic E-state index is 0.370. The Labute approximate surface area is 125 Å². The lowest BCUT2D eigenvalue weighted by Gasteiger charge is -2.09. The van der Waals surface area contributed by atoms with Gasteiger partial charge in [-0.05, 0) is 31.0 Å². The molecule has 114 valence electrons. The molecule has 1 N–H and O–H groups in total. The molecule has 0 spiro atoms. The van der Waals surface area contributed by atoms with E-state index in [4.69, 9.17) is 0 Å². The van der Waals surface area contributed by atoms with Crippen molar-refractivity contribution in [1.29, 1.82) is 0 Å². The number of nitrogens with one attached hydrogen (secondary N) is 1. The minimum Gasteiger partial charge on any atom is -0.381 e. The molecule has 1 aromatic heterocycles. The van der Waals surface area contributed by atoms with Crippen LogP contribution >= 0.6 is 0 Å². The first-order chi connectivity index (χ1) is 9.90. The van der Waals surface area contributed by atoms with Crippen LogP contribution in [0.2, 0.25) is 0 Å². The fourth-order valence-electron chi connectivity index (χ4n) is 2.16. The van der Waals surface area contributed by atoms with Gasteiger partial charge in [-0.2, -0.15) is 5.10 Å². The molecule has 0 radical (unpaired) electrons. The quantitative estimate of drug-likeness (QED) is 0.891. The van der Waals surface area contributed by atoms with Gasteiger partial charge in [-0.1, -0.05) is 13.0 Å². The van der Waals surface area contributed by atoms with Gasteiger partial charge in [-0.25, -0.2) is 8.42 Å². The number of aromatic nitrogens is 2. The summed E-state index contributed by atoms with van der Waals surface area (Å²) >= 11 is 0. The average Bonchev–Trinajstić information content (AvgIpc) is 2.85. The maximum absolute atomic E-state index is 11.7. The lowest BCUT2D eigenvalue weighted by atomic mass is 10.2. The number of hydrogen-bond donors (Lipinski definition) is 1. The molecular formula is C15H21N3O2S. The number of benzene rings is 1. The molecule has 0 saturated heterocycles. The molecule has 0 aliphatic heterocycles. The van der Waals surface area contributed by atoms with E-state index in [9.17, 15) is 8.42 Å². The van der Waals surface area contributed by atoms with Crippen molar-refractivity contribution in [3.8, 4) is 0 Å². The maximum Gasteiger partial charge on any atom is 0.175 e. The number of anilines is 1. The third-order valence-electron chi connectivity index (χ3n) is 3.22. The molecule has 0 bridgehead atoms. The zero-order chi connectivity index (χ0) is 15.5. The van der Waals surface area contributed by atoms with Gasteiger partial charge in [0.15, 0.2) is 9.84 Å². The van der Waals surface area contributed by atoms with Crippen LogP contribution in [0.15, 0.2) is 35.5 Å². The molecule has 6 heteroatoms. The molecule has 0 aliphatic rings. The molecule has 1 heterocycles. The van der Waals surface area contributed by atoms with Crippen LogP contribution in [0.5, 0.6) is 0 Å². The minimum atomic E-state index is -3.20. The summed E-state index contributed by atoms with van der Waals surface area (Å²) in [7, 11) is -3.20. The predicted molar refractivity (Wildman–Crippen MR) is 84.1 cm³/mol. The fourth-order valence-corrected chi connectivity index (χ4v) is 3.16. The first-order valence-electron chi connectivity index (χ1n) is 6.96. The Kier molecular flexibility index (Phi) is 4.67. The van der Waals surface area contributed by atoms with E-state index in [0.717, 1.165) is 29.8 Å². The summed E-state index contributed by atoms with van der Waals surface area (Å²) in [5.74, 6) is 0. The Hall–Kier alpha value is -1.82. The van der Waals surface area contributed by atoms with Crippen molar-refractivity contribution in [3.05, 3.63) is 41.7 Å². The van der Waals surface area contributed by atoms with Crippen molar-refractivity contribution in [1.82, 2.24) is 9.78 Å². The first-order valence-corrected chi connectivity index (χ1v) is 8.85. The topological polar surface area (TPSA) is 64.0 Å². The zero-order valence-electron chi connectivity index (χ0n) is 12.6. The van der Waals surface area contributed by atoms with E-state index < -0.39 is 9.84 Å². The van der Waals surface area contributed by atoms with Crippen LogP contribution in [0.4, 0.5) is 5.69 Å². The van der Waals surface area contributed by atoms with E-state index in [1.54, 1.807) is 13.0 Å².